The van der Waals surface area contributed by atoms with Crippen molar-refractivity contribution in [1.29, 1.82) is 0 Å². The van der Waals surface area contributed by atoms with E-state index in [-0.39, 0.29) is 0 Å². The van der Waals surface area contributed by atoms with Crippen LogP contribution in [0.25, 0.3) is 0 Å². The van der Waals surface area contributed by atoms with Crippen molar-refractivity contribution in [2.24, 2.45) is 0 Å². The molecule has 0 rings (SSSR count). The summed E-state index contributed by atoms with van der Waals surface area (Å²) < 4.78 is 15.7. The summed E-state index contributed by atoms with van der Waals surface area (Å²) in [5, 5.41) is 0. The van der Waals surface area contributed by atoms with Crippen molar-refractivity contribution >= 4 is 21.1 Å². The first-order chi connectivity index (χ1) is 5.12. The molecular weight excluding hydrogens is 337 g/mol. The molecule has 3 heteroatoms. The molecular formula is C8H21BiO2. The van der Waals surface area contributed by atoms with E-state index in [4.69, 9.17) is 5.63 Å². The molecule has 0 unspecified atom stereocenters. The second-order valence-corrected chi connectivity index (χ2v) is 16.2. The third kappa shape index (κ3) is 7.17. The molecule has 0 saturated carbocycles. The Hall–Kier alpha value is 0.803. The molecule has 0 spiro atoms. The molecule has 0 fully saturated rings. The van der Waals surface area contributed by atoms with E-state index < -0.39 is 21.1 Å². The van der Waals surface area contributed by atoms with Gasteiger partial charge in [-0.05, 0) is 0 Å². The van der Waals surface area contributed by atoms with Crippen LogP contribution in [0.3, 0.4) is 0 Å². The Morgan fingerprint density at radius 2 is 1.27 bits per heavy atom. The molecule has 0 N–H and O–H groups in total. The summed E-state index contributed by atoms with van der Waals surface area (Å²) in [6, 6.07) is 0. The zero-order chi connectivity index (χ0) is 8.74. The monoisotopic (exact) mass is 358 g/mol. The van der Waals surface area contributed by atoms with Crippen molar-refractivity contribution in [2.75, 3.05) is 13.2 Å². The first-order valence-corrected chi connectivity index (χ1v) is 15.3. The van der Waals surface area contributed by atoms with Crippen LogP contribution in [0, 0.1) is 0 Å². The molecule has 11 heavy (non-hydrogen) atoms. The molecule has 0 aliphatic carbocycles. The summed E-state index contributed by atoms with van der Waals surface area (Å²) in [6.07, 6.45) is 2.19. The Balaban J connectivity index is 3.43. The predicted molar refractivity (Wildman–Crippen MR) is 51.4 cm³/mol. The third-order valence-electron chi connectivity index (χ3n) is 1.31. The molecule has 0 heterocycles. The molecule has 0 atom stereocenters. The van der Waals surface area contributed by atoms with Gasteiger partial charge in [0.05, 0.1) is 0 Å². The minimum atomic E-state index is -2.55. The summed E-state index contributed by atoms with van der Waals surface area (Å²) >= 11 is -2.55. The van der Waals surface area contributed by atoms with Gasteiger partial charge in [0.1, 0.15) is 0 Å². The second-order valence-electron chi connectivity index (χ2n) is 3.10. The molecule has 0 saturated heterocycles. The van der Waals surface area contributed by atoms with Gasteiger partial charge in [-0.1, -0.05) is 0 Å². The van der Waals surface area contributed by atoms with E-state index in [9.17, 15) is 0 Å². The Labute approximate surface area is 75.9 Å². The van der Waals surface area contributed by atoms with Gasteiger partial charge in [-0.15, -0.1) is 0 Å². The van der Waals surface area contributed by atoms with Crippen molar-refractivity contribution in [3.63, 3.8) is 0 Å². The number of hydrogen-bond acceptors (Lipinski definition) is 2. The first-order valence-electron chi connectivity index (χ1n) is 4.40. The van der Waals surface area contributed by atoms with Gasteiger partial charge < -0.3 is 0 Å². The summed E-state index contributed by atoms with van der Waals surface area (Å²) in [5.74, 6) is 0. The van der Waals surface area contributed by atoms with E-state index in [1.807, 2.05) is 0 Å². The molecule has 0 bridgehead atoms. The van der Waals surface area contributed by atoms with Gasteiger partial charge in [-0.3, -0.25) is 0 Å². The molecule has 2 nitrogen and oxygen atoms in total. The van der Waals surface area contributed by atoms with Gasteiger partial charge in [0.25, 0.3) is 0 Å². The Morgan fingerprint density at radius 3 is 1.55 bits per heavy atom. The van der Waals surface area contributed by atoms with Gasteiger partial charge >= 0.3 is 75.9 Å². The maximum atomic E-state index is 5.68. The SMILES string of the molecule is CCC[O][BiH]([CH3])([CH3])[O]CCC. The molecule has 0 aromatic rings. The Bertz CT molecular complexity index is 84.1. The van der Waals surface area contributed by atoms with Crippen molar-refractivity contribution < 1.29 is 5.63 Å². The Kier molecular flexibility index (Phi) is 6.80. The van der Waals surface area contributed by atoms with Gasteiger partial charge in [0, 0.05) is 0 Å². The van der Waals surface area contributed by atoms with Crippen LogP contribution in [0.1, 0.15) is 26.7 Å². The van der Waals surface area contributed by atoms with Crippen LogP contribution < -0.4 is 0 Å². The van der Waals surface area contributed by atoms with E-state index in [2.05, 4.69) is 23.1 Å². The van der Waals surface area contributed by atoms with Crippen LogP contribution in [-0.2, 0) is 5.63 Å². The fourth-order valence-electron chi connectivity index (χ4n) is 0.737. The van der Waals surface area contributed by atoms with E-state index in [1.54, 1.807) is 0 Å². The van der Waals surface area contributed by atoms with Crippen LogP contribution in [0.2, 0.25) is 9.26 Å². The van der Waals surface area contributed by atoms with Crippen LogP contribution >= 0.6 is 0 Å². The summed E-state index contributed by atoms with van der Waals surface area (Å²) in [6.45, 7) is 6.00. The van der Waals surface area contributed by atoms with E-state index in [0.29, 0.717) is 0 Å². The fourth-order valence-corrected chi connectivity index (χ4v) is 6.47. The number of rotatable bonds is 6. The van der Waals surface area contributed by atoms with E-state index in [0.717, 1.165) is 26.1 Å². The summed E-state index contributed by atoms with van der Waals surface area (Å²) in [5.41, 5.74) is 0. The normalized spacial score (nSPS) is 13.5. The third-order valence-corrected chi connectivity index (χ3v) is 8.30. The first kappa shape index (κ1) is 11.8. The van der Waals surface area contributed by atoms with Gasteiger partial charge in [-0.2, -0.15) is 0 Å². The minimum absolute atomic E-state index is 0.873. The van der Waals surface area contributed by atoms with Crippen molar-refractivity contribution in [1.82, 2.24) is 0 Å². The standard InChI is InChI=1S/2C3H7O.2CH3.Bi.H/c2*1-2-3-4;;;;/h2*2-3H2,1H3;2*1H3;;/q2*-1;;;+2;. The topological polar surface area (TPSA) is 18.5 Å². The van der Waals surface area contributed by atoms with Crippen molar-refractivity contribution in [2.45, 2.75) is 36.0 Å². The Morgan fingerprint density at radius 1 is 0.909 bits per heavy atom. The molecule has 0 amide bonds. The molecule has 0 aliphatic rings. The van der Waals surface area contributed by atoms with Crippen molar-refractivity contribution in [3.8, 4) is 0 Å². The van der Waals surface area contributed by atoms with Gasteiger partial charge in [-0.25, -0.2) is 0 Å². The van der Waals surface area contributed by atoms with Crippen LogP contribution in [-0.4, -0.2) is 34.4 Å². The zero-order valence-corrected chi connectivity index (χ0v) is 12.0. The zero-order valence-electron chi connectivity index (χ0n) is 8.14. The average molecular weight is 358 g/mol. The van der Waals surface area contributed by atoms with Crippen LogP contribution in [0.15, 0.2) is 0 Å². The molecule has 0 aliphatic heterocycles. The van der Waals surface area contributed by atoms with Crippen molar-refractivity contribution in [3.05, 3.63) is 0 Å². The number of hydrogen-bond donors (Lipinski definition) is 0. The summed E-state index contributed by atoms with van der Waals surface area (Å²) in [4.78, 5) is 0. The van der Waals surface area contributed by atoms with Crippen LogP contribution in [0.4, 0.5) is 0 Å². The molecule has 0 radical (unpaired) electrons. The van der Waals surface area contributed by atoms with Gasteiger partial charge in [0.15, 0.2) is 0 Å². The second kappa shape index (κ2) is 6.33. The summed E-state index contributed by atoms with van der Waals surface area (Å²) in [7, 11) is 0. The van der Waals surface area contributed by atoms with E-state index in [1.165, 1.54) is 0 Å². The predicted octanol–water partition coefficient (Wildman–Crippen LogP) is 2.27. The fraction of sp³-hybridized carbons (Fsp3) is 1.00. The maximum absolute atomic E-state index is 5.68. The quantitative estimate of drug-likeness (QED) is 0.679. The van der Waals surface area contributed by atoms with Crippen LogP contribution in [0.5, 0.6) is 0 Å². The molecule has 70 valence electrons. The molecule has 0 aromatic carbocycles. The molecule has 0 aromatic heterocycles. The van der Waals surface area contributed by atoms with Gasteiger partial charge in [0.2, 0.25) is 0 Å². The average Bonchev–Trinajstić information content (AvgIpc) is 1.97. The van der Waals surface area contributed by atoms with E-state index >= 15 is 0 Å².